The summed E-state index contributed by atoms with van der Waals surface area (Å²) in [5.41, 5.74) is 2.81. The van der Waals surface area contributed by atoms with Crippen molar-refractivity contribution in [2.45, 2.75) is 64.6 Å². The normalized spacial score (nSPS) is 24.1. The molecule has 3 heterocycles. The van der Waals surface area contributed by atoms with Gasteiger partial charge in [0.15, 0.2) is 0 Å². The molecule has 0 aromatic carbocycles. The molecule has 0 amide bonds. The van der Waals surface area contributed by atoms with E-state index in [9.17, 15) is 5.11 Å². The van der Waals surface area contributed by atoms with Gasteiger partial charge in [0.25, 0.3) is 0 Å². The highest BCUT2D eigenvalue weighted by atomic mass is 35.5. The molecule has 2 N–H and O–H groups in total. The lowest BCUT2D eigenvalue weighted by Crippen LogP contribution is -2.20. The minimum absolute atomic E-state index is 0. The van der Waals surface area contributed by atoms with Crippen molar-refractivity contribution < 1.29 is 9.84 Å². The predicted octanol–water partition coefficient (Wildman–Crippen LogP) is 5.12. The fraction of sp³-hybridized carbons (Fsp3) is 0.565. The Kier molecular flexibility index (Phi) is 7.87. The lowest BCUT2D eigenvalue weighted by atomic mass is 9.84. The molecule has 2 aromatic rings. The molecule has 1 saturated heterocycles. The lowest BCUT2D eigenvalue weighted by Gasteiger charge is -2.25. The van der Waals surface area contributed by atoms with Gasteiger partial charge in [0.1, 0.15) is 5.82 Å². The van der Waals surface area contributed by atoms with Crippen LogP contribution in [0.3, 0.4) is 0 Å². The minimum Gasteiger partial charge on any atom is -0.393 e. The third-order valence-electron chi connectivity index (χ3n) is 5.79. The second kappa shape index (κ2) is 10.4. The summed E-state index contributed by atoms with van der Waals surface area (Å²) in [5.74, 6) is 1.42. The molecule has 0 spiro atoms. The van der Waals surface area contributed by atoms with E-state index >= 15 is 0 Å². The fourth-order valence-electron chi connectivity index (χ4n) is 4.14. The van der Waals surface area contributed by atoms with Crippen molar-refractivity contribution in [2.75, 3.05) is 18.5 Å². The summed E-state index contributed by atoms with van der Waals surface area (Å²) in [4.78, 5) is 9.28. The van der Waals surface area contributed by atoms with Gasteiger partial charge in [-0.2, -0.15) is 0 Å². The van der Waals surface area contributed by atoms with Crippen LogP contribution in [-0.2, 0) is 11.2 Å². The van der Waals surface area contributed by atoms with Crippen LogP contribution in [0.15, 0.2) is 30.5 Å². The highest BCUT2D eigenvalue weighted by Gasteiger charge is 2.21. The molecular formula is C23H32ClN3O2. The second-order valence-electron chi connectivity index (χ2n) is 7.96. The number of pyridine rings is 2. The van der Waals surface area contributed by atoms with Crippen LogP contribution >= 0.6 is 11.6 Å². The molecule has 6 heteroatoms. The van der Waals surface area contributed by atoms with Gasteiger partial charge < -0.3 is 15.2 Å². The number of hydrogen-bond acceptors (Lipinski definition) is 5. The number of halogens is 1. The summed E-state index contributed by atoms with van der Waals surface area (Å²) in [6.07, 6.45) is 8.94. The zero-order chi connectivity index (χ0) is 19.3. The molecule has 2 fully saturated rings. The third kappa shape index (κ3) is 5.91. The van der Waals surface area contributed by atoms with E-state index in [1.54, 1.807) is 6.20 Å². The molecule has 1 aliphatic carbocycles. The molecule has 1 aliphatic heterocycles. The summed E-state index contributed by atoms with van der Waals surface area (Å²) in [6, 6.07) is 8.03. The number of nitrogens with zero attached hydrogens (tertiary/aromatic N) is 2. The molecule has 2 aromatic heterocycles. The summed E-state index contributed by atoms with van der Waals surface area (Å²) in [7, 11) is 0. The molecule has 4 rings (SSSR count). The van der Waals surface area contributed by atoms with Gasteiger partial charge in [-0.3, -0.25) is 4.98 Å². The molecule has 1 atom stereocenters. The number of rotatable bonds is 6. The summed E-state index contributed by atoms with van der Waals surface area (Å²) < 4.78 is 5.67. The number of aromatic nitrogens is 2. The molecule has 1 saturated carbocycles. The molecule has 158 valence electrons. The van der Waals surface area contributed by atoms with Gasteiger partial charge in [0.05, 0.1) is 22.9 Å². The van der Waals surface area contributed by atoms with Crippen LogP contribution in [0.4, 0.5) is 5.82 Å². The second-order valence-corrected chi connectivity index (χ2v) is 8.37. The van der Waals surface area contributed by atoms with Crippen molar-refractivity contribution in [3.8, 4) is 11.3 Å². The van der Waals surface area contributed by atoms with Crippen LogP contribution in [-0.4, -0.2) is 40.4 Å². The molecule has 0 bridgehead atoms. The van der Waals surface area contributed by atoms with E-state index < -0.39 is 0 Å². The number of ether oxygens (including phenoxy) is 1. The van der Waals surface area contributed by atoms with Crippen LogP contribution in [0.1, 0.15) is 51.6 Å². The van der Waals surface area contributed by atoms with E-state index in [1.165, 1.54) is 0 Å². The summed E-state index contributed by atoms with van der Waals surface area (Å²) in [6.45, 7) is 1.63. The quantitative estimate of drug-likeness (QED) is 0.682. The van der Waals surface area contributed by atoms with Gasteiger partial charge in [0, 0.05) is 30.6 Å². The first-order valence-electron chi connectivity index (χ1n) is 10.3. The Morgan fingerprint density at radius 3 is 2.76 bits per heavy atom. The third-order valence-corrected chi connectivity index (χ3v) is 6.09. The van der Waals surface area contributed by atoms with Crippen LogP contribution in [0.2, 0.25) is 5.02 Å². The highest BCUT2D eigenvalue weighted by molar-refractivity contribution is 6.33. The van der Waals surface area contributed by atoms with Gasteiger partial charge >= 0.3 is 0 Å². The van der Waals surface area contributed by atoms with Crippen LogP contribution in [0.25, 0.3) is 11.3 Å². The first-order chi connectivity index (χ1) is 13.7. The van der Waals surface area contributed by atoms with E-state index in [4.69, 9.17) is 21.3 Å². The van der Waals surface area contributed by atoms with Gasteiger partial charge in [-0.1, -0.05) is 25.1 Å². The Morgan fingerprint density at radius 2 is 2.00 bits per heavy atom. The van der Waals surface area contributed by atoms with E-state index in [1.807, 2.05) is 18.2 Å². The number of aliphatic hydroxyl groups is 1. The van der Waals surface area contributed by atoms with Crippen molar-refractivity contribution in [3.05, 3.63) is 41.2 Å². The fourth-order valence-corrected chi connectivity index (χ4v) is 4.34. The van der Waals surface area contributed by atoms with Crippen molar-refractivity contribution in [2.24, 2.45) is 5.92 Å². The molecule has 0 radical (unpaired) electrons. The Bertz CT molecular complexity index is 787. The Labute approximate surface area is 178 Å². The molecule has 2 aliphatic rings. The Morgan fingerprint density at radius 1 is 1.17 bits per heavy atom. The standard InChI is InChI=1S/C22H28ClN3O2.CH4/c23-20-14-24-16(11-15-6-8-17(27)9-7-15)12-19(20)21-4-1-5-22(26-21)25-13-18-3-2-10-28-18;/h1,4-5,12,14-15,17-18,27H,2-3,6-11,13H2,(H,25,26);1H4/t15?,17?,18-;/m1./s1. The average Bonchev–Trinajstić information content (AvgIpc) is 3.23. The first kappa shape index (κ1) is 22.0. The monoisotopic (exact) mass is 417 g/mol. The summed E-state index contributed by atoms with van der Waals surface area (Å²) in [5, 5.41) is 13.7. The number of hydrogen-bond donors (Lipinski definition) is 2. The first-order valence-corrected chi connectivity index (χ1v) is 10.7. The average molecular weight is 418 g/mol. The number of aliphatic hydroxyl groups excluding tert-OH is 1. The van der Waals surface area contributed by atoms with Gasteiger partial charge in [0.2, 0.25) is 0 Å². The summed E-state index contributed by atoms with van der Waals surface area (Å²) >= 11 is 6.45. The van der Waals surface area contributed by atoms with Crippen molar-refractivity contribution in [1.82, 2.24) is 9.97 Å². The van der Waals surface area contributed by atoms with Crippen molar-refractivity contribution in [3.63, 3.8) is 0 Å². The largest absolute Gasteiger partial charge is 0.393 e. The van der Waals surface area contributed by atoms with Gasteiger partial charge in [-0.05, 0) is 69.1 Å². The zero-order valence-electron chi connectivity index (χ0n) is 16.1. The Balaban J connectivity index is 0.00000240. The highest BCUT2D eigenvalue weighted by Crippen LogP contribution is 2.31. The van der Waals surface area contributed by atoms with E-state index in [0.717, 1.165) is 80.9 Å². The van der Waals surface area contributed by atoms with Crippen molar-refractivity contribution >= 4 is 17.4 Å². The zero-order valence-corrected chi connectivity index (χ0v) is 16.9. The van der Waals surface area contributed by atoms with Gasteiger partial charge in [-0.15, -0.1) is 0 Å². The number of anilines is 1. The molecule has 5 nitrogen and oxygen atoms in total. The maximum Gasteiger partial charge on any atom is 0.126 e. The van der Waals surface area contributed by atoms with Crippen LogP contribution < -0.4 is 5.32 Å². The topological polar surface area (TPSA) is 67.3 Å². The smallest absolute Gasteiger partial charge is 0.126 e. The van der Waals surface area contributed by atoms with E-state index in [2.05, 4.69) is 16.4 Å². The molecule has 29 heavy (non-hydrogen) atoms. The predicted molar refractivity (Wildman–Crippen MR) is 118 cm³/mol. The lowest BCUT2D eigenvalue weighted by molar-refractivity contribution is 0.108. The molecular weight excluding hydrogens is 386 g/mol. The Hall–Kier alpha value is -1.69. The van der Waals surface area contributed by atoms with Crippen molar-refractivity contribution in [1.29, 1.82) is 0 Å². The van der Waals surface area contributed by atoms with E-state index in [0.29, 0.717) is 10.9 Å². The van der Waals surface area contributed by atoms with Gasteiger partial charge in [-0.25, -0.2) is 4.98 Å². The SMILES string of the molecule is C.OC1CCC(Cc2cc(-c3cccc(NC[C@H]4CCCO4)n3)c(Cl)cn2)CC1. The maximum absolute atomic E-state index is 9.71. The minimum atomic E-state index is -0.126. The molecule has 0 unspecified atom stereocenters. The number of nitrogens with one attached hydrogen (secondary N) is 1. The van der Waals surface area contributed by atoms with Crippen LogP contribution in [0.5, 0.6) is 0 Å². The van der Waals surface area contributed by atoms with Crippen LogP contribution in [0, 0.1) is 5.92 Å². The van der Waals surface area contributed by atoms with E-state index in [-0.39, 0.29) is 19.6 Å². The maximum atomic E-state index is 9.71.